The van der Waals surface area contributed by atoms with Crippen LogP contribution in [0.5, 0.6) is 0 Å². The Bertz CT molecular complexity index is 89.3. The van der Waals surface area contributed by atoms with Gasteiger partial charge in [0.25, 0.3) is 0 Å². The van der Waals surface area contributed by atoms with Crippen LogP contribution in [0.15, 0.2) is 0 Å². The normalized spacial score (nSPS) is 13.6. The molecule has 1 N–H and O–H groups in total. The van der Waals surface area contributed by atoms with E-state index in [2.05, 4.69) is 13.8 Å². The Hall–Kier alpha value is -0.370. The fraction of sp³-hybridized carbons (Fsp3) is 0.875. The zero-order chi connectivity index (χ0) is 7.98. The molecule has 0 amide bonds. The summed E-state index contributed by atoms with van der Waals surface area (Å²) in [5.41, 5.74) is 0. The summed E-state index contributed by atoms with van der Waals surface area (Å²) in [7, 11) is 0. The molecule has 10 heavy (non-hydrogen) atoms. The van der Waals surface area contributed by atoms with Gasteiger partial charge in [-0.25, -0.2) is 0 Å². The first-order chi connectivity index (χ1) is 4.70. The Morgan fingerprint density at radius 3 is 2.40 bits per heavy atom. The first-order valence-electron chi connectivity index (χ1n) is 3.75. The molecule has 0 rings (SSSR count). The molecule has 0 bridgehead atoms. The summed E-state index contributed by atoms with van der Waals surface area (Å²) in [5, 5.41) is 8.75. The van der Waals surface area contributed by atoms with Crippen molar-refractivity contribution in [2.75, 3.05) is 6.61 Å². The molecule has 0 fully saturated rings. The van der Waals surface area contributed by atoms with Gasteiger partial charge in [-0.3, -0.25) is 0 Å². The second-order valence-electron chi connectivity index (χ2n) is 3.08. The molecular formula is C8H16O2. The molecule has 1 unspecified atom stereocenters. The van der Waals surface area contributed by atoms with Crippen LogP contribution in [0.3, 0.4) is 0 Å². The molecule has 0 aromatic carbocycles. The average Bonchev–Trinajstić information content (AvgIpc) is 1.86. The van der Waals surface area contributed by atoms with Gasteiger partial charge in [0, 0.05) is 13.0 Å². The lowest BCUT2D eigenvalue weighted by atomic mass is 9.96. The van der Waals surface area contributed by atoms with E-state index in [1.807, 2.05) is 0 Å². The van der Waals surface area contributed by atoms with Crippen molar-refractivity contribution in [2.24, 2.45) is 11.8 Å². The largest absolute Gasteiger partial charge is 0.396 e. The van der Waals surface area contributed by atoms with Gasteiger partial charge in [0.1, 0.15) is 6.29 Å². The van der Waals surface area contributed by atoms with E-state index < -0.39 is 0 Å². The van der Waals surface area contributed by atoms with Crippen molar-refractivity contribution in [1.29, 1.82) is 0 Å². The van der Waals surface area contributed by atoms with Gasteiger partial charge in [-0.05, 0) is 18.3 Å². The molecule has 2 nitrogen and oxygen atoms in total. The van der Waals surface area contributed by atoms with Crippen LogP contribution in [0, 0.1) is 11.8 Å². The molecule has 1 atom stereocenters. The maximum absolute atomic E-state index is 10.0. The Morgan fingerprint density at radius 2 is 2.10 bits per heavy atom. The van der Waals surface area contributed by atoms with Gasteiger partial charge < -0.3 is 9.90 Å². The van der Waals surface area contributed by atoms with Gasteiger partial charge in [0.05, 0.1) is 0 Å². The summed E-state index contributed by atoms with van der Waals surface area (Å²) in [5.74, 6) is 0.745. The van der Waals surface area contributed by atoms with Crippen LogP contribution >= 0.6 is 0 Å². The van der Waals surface area contributed by atoms with E-state index in [0.717, 1.165) is 12.7 Å². The molecule has 0 saturated carbocycles. The van der Waals surface area contributed by atoms with Gasteiger partial charge in [-0.2, -0.15) is 0 Å². The van der Waals surface area contributed by atoms with E-state index in [1.165, 1.54) is 0 Å². The summed E-state index contributed by atoms with van der Waals surface area (Å²) in [6.07, 6.45) is 2.31. The third kappa shape index (κ3) is 4.50. The zero-order valence-electron chi connectivity index (χ0n) is 6.71. The SMILES string of the molecule is CC(C)CC(CO)CC=O. The number of hydrogen-bond donors (Lipinski definition) is 1. The Kier molecular flexibility index (Phi) is 5.22. The number of aldehydes is 1. The standard InChI is InChI=1S/C8H16O2/c1-7(2)5-8(6-10)3-4-9/h4,7-8,10H,3,5-6H2,1-2H3. The first kappa shape index (κ1) is 9.63. The summed E-state index contributed by atoms with van der Waals surface area (Å²) in [6, 6.07) is 0. The fourth-order valence-corrected chi connectivity index (χ4v) is 1.05. The quantitative estimate of drug-likeness (QED) is 0.589. The van der Waals surface area contributed by atoms with E-state index in [0.29, 0.717) is 12.3 Å². The monoisotopic (exact) mass is 144 g/mol. The summed E-state index contributed by atoms with van der Waals surface area (Å²) < 4.78 is 0. The highest BCUT2D eigenvalue weighted by Crippen LogP contribution is 2.12. The topological polar surface area (TPSA) is 37.3 Å². The van der Waals surface area contributed by atoms with Gasteiger partial charge >= 0.3 is 0 Å². The Labute approximate surface area is 62.2 Å². The van der Waals surface area contributed by atoms with Crippen LogP contribution in [-0.2, 0) is 4.79 Å². The van der Waals surface area contributed by atoms with E-state index in [4.69, 9.17) is 5.11 Å². The minimum Gasteiger partial charge on any atom is -0.396 e. The molecule has 0 radical (unpaired) electrons. The van der Waals surface area contributed by atoms with E-state index in [-0.39, 0.29) is 12.5 Å². The second-order valence-corrected chi connectivity index (χ2v) is 3.08. The van der Waals surface area contributed by atoms with Crippen LogP contribution in [-0.4, -0.2) is 18.0 Å². The maximum Gasteiger partial charge on any atom is 0.120 e. The van der Waals surface area contributed by atoms with Gasteiger partial charge in [-0.1, -0.05) is 13.8 Å². The minimum absolute atomic E-state index is 0.136. The molecule has 60 valence electrons. The Morgan fingerprint density at radius 1 is 1.50 bits per heavy atom. The number of aliphatic hydroxyl groups is 1. The third-order valence-corrected chi connectivity index (χ3v) is 1.49. The van der Waals surface area contributed by atoms with Crippen LogP contribution in [0.2, 0.25) is 0 Å². The molecule has 0 saturated heterocycles. The number of carbonyl (C=O) groups is 1. The number of hydrogen-bond acceptors (Lipinski definition) is 2. The number of rotatable bonds is 5. The van der Waals surface area contributed by atoms with E-state index in [9.17, 15) is 4.79 Å². The van der Waals surface area contributed by atoms with Crippen molar-refractivity contribution >= 4 is 6.29 Å². The molecule has 0 aliphatic heterocycles. The minimum atomic E-state index is 0.136. The highest BCUT2D eigenvalue weighted by Gasteiger charge is 2.07. The number of aliphatic hydroxyl groups excluding tert-OH is 1. The predicted molar refractivity (Wildman–Crippen MR) is 40.7 cm³/mol. The average molecular weight is 144 g/mol. The van der Waals surface area contributed by atoms with Crippen molar-refractivity contribution in [1.82, 2.24) is 0 Å². The zero-order valence-corrected chi connectivity index (χ0v) is 6.71. The van der Waals surface area contributed by atoms with E-state index >= 15 is 0 Å². The first-order valence-corrected chi connectivity index (χ1v) is 3.75. The van der Waals surface area contributed by atoms with Crippen molar-refractivity contribution in [3.05, 3.63) is 0 Å². The fourth-order valence-electron chi connectivity index (χ4n) is 1.05. The Balaban J connectivity index is 3.48. The van der Waals surface area contributed by atoms with Crippen LogP contribution in [0.25, 0.3) is 0 Å². The lowest BCUT2D eigenvalue weighted by Crippen LogP contribution is -2.09. The van der Waals surface area contributed by atoms with Crippen molar-refractivity contribution in [3.8, 4) is 0 Å². The molecule has 0 aliphatic carbocycles. The van der Waals surface area contributed by atoms with E-state index in [1.54, 1.807) is 0 Å². The third-order valence-electron chi connectivity index (χ3n) is 1.49. The van der Waals surface area contributed by atoms with Crippen molar-refractivity contribution in [2.45, 2.75) is 26.7 Å². The van der Waals surface area contributed by atoms with Crippen molar-refractivity contribution < 1.29 is 9.90 Å². The lowest BCUT2D eigenvalue weighted by Gasteiger charge is -2.12. The highest BCUT2D eigenvalue weighted by molar-refractivity contribution is 5.49. The smallest absolute Gasteiger partial charge is 0.120 e. The van der Waals surface area contributed by atoms with Crippen molar-refractivity contribution in [3.63, 3.8) is 0 Å². The van der Waals surface area contributed by atoms with Crippen LogP contribution in [0.4, 0.5) is 0 Å². The summed E-state index contributed by atoms with van der Waals surface area (Å²) in [4.78, 5) is 10.0. The summed E-state index contributed by atoms with van der Waals surface area (Å²) in [6.45, 7) is 4.32. The molecule has 0 spiro atoms. The molecule has 0 heterocycles. The molecule has 0 aromatic rings. The molecule has 2 heteroatoms. The predicted octanol–water partition coefficient (Wildman–Crippen LogP) is 1.23. The van der Waals surface area contributed by atoms with Gasteiger partial charge in [0.15, 0.2) is 0 Å². The molecular weight excluding hydrogens is 128 g/mol. The molecule has 0 aliphatic rings. The molecule has 0 aromatic heterocycles. The summed E-state index contributed by atoms with van der Waals surface area (Å²) >= 11 is 0. The lowest BCUT2D eigenvalue weighted by molar-refractivity contribution is -0.109. The second kappa shape index (κ2) is 5.42. The van der Waals surface area contributed by atoms with Crippen LogP contribution < -0.4 is 0 Å². The van der Waals surface area contributed by atoms with Gasteiger partial charge in [0.2, 0.25) is 0 Å². The maximum atomic E-state index is 10.0. The number of carbonyl (C=O) groups excluding carboxylic acids is 1. The highest BCUT2D eigenvalue weighted by atomic mass is 16.3. The van der Waals surface area contributed by atoms with Crippen LogP contribution in [0.1, 0.15) is 26.7 Å². The van der Waals surface area contributed by atoms with Gasteiger partial charge in [-0.15, -0.1) is 0 Å².